The predicted molar refractivity (Wildman–Crippen MR) is 85.6 cm³/mol. The molecule has 124 valence electrons. The number of aliphatic hydroxyl groups is 2. The van der Waals surface area contributed by atoms with Crippen LogP contribution in [0.4, 0.5) is 0 Å². The molecule has 0 radical (unpaired) electrons. The zero-order valence-corrected chi connectivity index (χ0v) is 13.8. The molecule has 1 heterocycles. The molecule has 1 aliphatic heterocycles. The van der Waals surface area contributed by atoms with Crippen LogP contribution in [0.3, 0.4) is 0 Å². The van der Waals surface area contributed by atoms with Crippen molar-refractivity contribution in [3.05, 3.63) is 29.3 Å². The summed E-state index contributed by atoms with van der Waals surface area (Å²) in [5.41, 5.74) is 2.36. The highest BCUT2D eigenvalue weighted by molar-refractivity contribution is 5.32. The normalized spacial score (nSPS) is 23.3. The summed E-state index contributed by atoms with van der Waals surface area (Å²) >= 11 is 0. The van der Waals surface area contributed by atoms with Gasteiger partial charge in [-0.15, -0.1) is 0 Å². The molecule has 0 aromatic heterocycles. The van der Waals surface area contributed by atoms with Crippen LogP contribution in [0.2, 0.25) is 0 Å². The van der Waals surface area contributed by atoms with E-state index in [1.807, 2.05) is 12.1 Å². The van der Waals surface area contributed by atoms with E-state index in [0.29, 0.717) is 6.61 Å². The van der Waals surface area contributed by atoms with Gasteiger partial charge < -0.3 is 24.7 Å². The zero-order chi connectivity index (χ0) is 15.9. The van der Waals surface area contributed by atoms with Crippen molar-refractivity contribution < 1.29 is 24.7 Å². The summed E-state index contributed by atoms with van der Waals surface area (Å²) in [5, 5.41) is 19.1. The molecule has 1 atom stereocenters. The van der Waals surface area contributed by atoms with Gasteiger partial charge in [-0.2, -0.15) is 0 Å². The van der Waals surface area contributed by atoms with Gasteiger partial charge in [0.2, 0.25) is 0 Å². The fourth-order valence-electron chi connectivity index (χ4n) is 3.17. The molecule has 1 aromatic rings. The molecule has 22 heavy (non-hydrogen) atoms. The van der Waals surface area contributed by atoms with Gasteiger partial charge in [0.1, 0.15) is 57.7 Å². The minimum atomic E-state index is -0.435. The zero-order valence-electron chi connectivity index (χ0n) is 13.8. The molecule has 1 fully saturated rings. The third-order valence-electron chi connectivity index (χ3n) is 4.29. The number of quaternary nitrogens is 2. The molecule has 5 heteroatoms. The van der Waals surface area contributed by atoms with Gasteiger partial charge in [0.05, 0.1) is 6.61 Å². The van der Waals surface area contributed by atoms with E-state index in [-0.39, 0.29) is 6.61 Å². The van der Waals surface area contributed by atoms with Crippen LogP contribution < -0.4 is 14.5 Å². The van der Waals surface area contributed by atoms with E-state index in [0.717, 1.165) is 45.0 Å². The Morgan fingerprint density at radius 2 is 1.64 bits per heavy atom. The Labute approximate surface area is 133 Å². The molecule has 0 aliphatic carbocycles. The van der Waals surface area contributed by atoms with Crippen molar-refractivity contribution >= 4 is 0 Å². The topological polar surface area (TPSA) is 58.6 Å². The Balaban J connectivity index is 1.71. The predicted octanol–water partition coefficient (Wildman–Crippen LogP) is -2.18. The summed E-state index contributed by atoms with van der Waals surface area (Å²) < 4.78 is 5.73. The minimum absolute atomic E-state index is 0.261. The number of piperazine rings is 1. The summed E-state index contributed by atoms with van der Waals surface area (Å²) in [7, 11) is 0. The first-order valence-corrected chi connectivity index (χ1v) is 8.24. The van der Waals surface area contributed by atoms with Gasteiger partial charge in [-0.05, 0) is 37.1 Å². The van der Waals surface area contributed by atoms with E-state index >= 15 is 0 Å². The largest absolute Gasteiger partial charge is 0.491 e. The molecule has 2 rings (SSSR count). The second-order valence-corrected chi connectivity index (χ2v) is 6.47. The Morgan fingerprint density at radius 3 is 2.23 bits per heavy atom. The lowest BCUT2D eigenvalue weighted by atomic mass is 10.1. The summed E-state index contributed by atoms with van der Waals surface area (Å²) in [6.07, 6.45) is -0.435. The van der Waals surface area contributed by atoms with Crippen LogP contribution in [-0.4, -0.2) is 68.8 Å². The molecule has 1 saturated heterocycles. The van der Waals surface area contributed by atoms with Crippen molar-refractivity contribution in [2.75, 3.05) is 52.5 Å². The first-order chi connectivity index (χ1) is 10.6. The van der Waals surface area contributed by atoms with Gasteiger partial charge in [0.25, 0.3) is 0 Å². The number of hydrogen-bond donors (Lipinski definition) is 4. The average molecular weight is 310 g/mol. The van der Waals surface area contributed by atoms with Crippen LogP contribution in [0.25, 0.3) is 0 Å². The van der Waals surface area contributed by atoms with Gasteiger partial charge in [0, 0.05) is 0 Å². The number of rotatable bonds is 7. The van der Waals surface area contributed by atoms with Crippen molar-refractivity contribution in [1.82, 2.24) is 0 Å². The van der Waals surface area contributed by atoms with E-state index < -0.39 is 6.10 Å². The average Bonchev–Trinajstić information content (AvgIpc) is 2.47. The molecule has 0 bridgehead atoms. The molecule has 0 amide bonds. The van der Waals surface area contributed by atoms with E-state index in [2.05, 4.69) is 19.9 Å². The molecular formula is C17H30N2O3+2. The first-order valence-electron chi connectivity index (χ1n) is 8.24. The number of aryl methyl sites for hydroxylation is 2. The fourth-order valence-corrected chi connectivity index (χ4v) is 3.17. The van der Waals surface area contributed by atoms with Gasteiger partial charge in [-0.1, -0.05) is 6.07 Å². The van der Waals surface area contributed by atoms with Gasteiger partial charge in [-0.3, -0.25) is 0 Å². The standard InChI is InChI=1S/C17H28N2O3/c1-14-9-15(2)11-17(10-14)22-13-16(21)12-19-5-3-18(4-6-19)7-8-20/h9-11,16,20-21H,3-8,12-13H2,1-2H3/p+2. The molecule has 1 aromatic carbocycles. The van der Waals surface area contributed by atoms with Crippen LogP contribution in [0.15, 0.2) is 18.2 Å². The lowest BCUT2D eigenvalue weighted by Gasteiger charge is -2.30. The maximum atomic E-state index is 10.2. The SMILES string of the molecule is Cc1cc(C)cc(OCC(O)C[NH+]2CC[NH+](CCO)CC2)c1. The quantitative estimate of drug-likeness (QED) is 0.463. The highest BCUT2D eigenvalue weighted by Crippen LogP contribution is 2.16. The summed E-state index contributed by atoms with van der Waals surface area (Å²) in [6, 6.07) is 6.12. The van der Waals surface area contributed by atoms with Crippen molar-refractivity contribution in [2.45, 2.75) is 20.0 Å². The number of hydrogen-bond acceptors (Lipinski definition) is 3. The highest BCUT2D eigenvalue weighted by Gasteiger charge is 2.24. The van der Waals surface area contributed by atoms with Crippen LogP contribution >= 0.6 is 0 Å². The van der Waals surface area contributed by atoms with Gasteiger partial charge in [0.15, 0.2) is 0 Å². The maximum absolute atomic E-state index is 10.2. The van der Waals surface area contributed by atoms with Crippen molar-refractivity contribution in [3.8, 4) is 5.75 Å². The first kappa shape index (κ1) is 17.2. The smallest absolute Gasteiger partial charge is 0.137 e. The Morgan fingerprint density at radius 1 is 1.05 bits per heavy atom. The van der Waals surface area contributed by atoms with Crippen LogP contribution in [0.5, 0.6) is 5.75 Å². The van der Waals surface area contributed by atoms with E-state index in [9.17, 15) is 5.11 Å². The Bertz CT molecular complexity index is 439. The Hall–Kier alpha value is -1.14. The third-order valence-corrected chi connectivity index (χ3v) is 4.29. The number of benzene rings is 1. The minimum Gasteiger partial charge on any atom is -0.491 e. The van der Waals surface area contributed by atoms with Gasteiger partial charge >= 0.3 is 0 Å². The van der Waals surface area contributed by atoms with Crippen molar-refractivity contribution in [3.63, 3.8) is 0 Å². The van der Waals surface area contributed by atoms with E-state index in [1.165, 1.54) is 20.9 Å². The van der Waals surface area contributed by atoms with Gasteiger partial charge in [-0.25, -0.2) is 0 Å². The maximum Gasteiger partial charge on any atom is 0.137 e. The second kappa shape index (κ2) is 8.48. The molecule has 5 nitrogen and oxygen atoms in total. The number of ether oxygens (including phenoxy) is 1. The fraction of sp³-hybridized carbons (Fsp3) is 0.647. The highest BCUT2D eigenvalue weighted by atomic mass is 16.5. The van der Waals surface area contributed by atoms with E-state index in [4.69, 9.17) is 9.84 Å². The molecule has 0 spiro atoms. The molecule has 0 saturated carbocycles. The summed E-state index contributed by atoms with van der Waals surface area (Å²) in [4.78, 5) is 2.89. The van der Waals surface area contributed by atoms with Crippen molar-refractivity contribution in [2.24, 2.45) is 0 Å². The number of nitrogens with one attached hydrogen (secondary N) is 2. The summed E-state index contributed by atoms with van der Waals surface area (Å²) in [5.74, 6) is 0.837. The van der Waals surface area contributed by atoms with E-state index in [1.54, 1.807) is 0 Å². The third kappa shape index (κ3) is 5.57. The summed E-state index contributed by atoms with van der Waals surface area (Å²) in [6.45, 7) is 10.5. The molecular weight excluding hydrogens is 280 g/mol. The van der Waals surface area contributed by atoms with Crippen LogP contribution in [0, 0.1) is 13.8 Å². The second-order valence-electron chi connectivity index (χ2n) is 6.47. The monoisotopic (exact) mass is 310 g/mol. The lowest BCUT2D eigenvalue weighted by Crippen LogP contribution is -3.28. The lowest BCUT2D eigenvalue weighted by molar-refractivity contribution is -1.01. The molecule has 1 aliphatic rings. The Kier molecular flexibility index (Phi) is 6.64. The van der Waals surface area contributed by atoms with Crippen LogP contribution in [0.1, 0.15) is 11.1 Å². The van der Waals surface area contributed by atoms with Crippen molar-refractivity contribution in [1.29, 1.82) is 0 Å². The van der Waals surface area contributed by atoms with Crippen LogP contribution in [-0.2, 0) is 0 Å². The number of aliphatic hydroxyl groups excluding tert-OH is 2. The molecule has 4 N–H and O–H groups in total. The molecule has 1 unspecified atom stereocenters.